The van der Waals surface area contributed by atoms with Crippen molar-refractivity contribution in [2.24, 2.45) is 11.8 Å². The number of carbonyl (C=O) groups is 2. The molecule has 2 atom stereocenters. The fourth-order valence-electron chi connectivity index (χ4n) is 1.49. The number of hydrogen-bond donors (Lipinski definition) is 3. The Kier molecular flexibility index (Phi) is 7.18. The summed E-state index contributed by atoms with van der Waals surface area (Å²) in [5.41, 5.74) is 0. The molecule has 0 fully saturated rings. The zero-order valence-corrected chi connectivity index (χ0v) is 11.6. The van der Waals surface area contributed by atoms with E-state index in [0.29, 0.717) is 6.42 Å². The lowest BCUT2D eigenvalue weighted by molar-refractivity contribution is -0.142. The van der Waals surface area contributed by atoms with Crippen LogP contribution in [0.25, 0.3) is 0 Å². The first kappa shape index (κ1) is 17.1. The topological polar surface area (TPSA) is 112 Å². The number of hydrogen-bond acceptors (Lipinski definition) is 3. The van der Waals surface area contributed by atoms with Crippen LogP contribution in [-0.4, -0.2) is 39.4 Å². The van der Waals surface area contributed by atoms with E-state index >= 15 is 0 Å². The van der Waals surface area contributed by atoms with Crippen LogP contribution >= 0.6 is 7.37 Å². The molecule has 7 heteroatoms. The third-order valence-corrected chi connectivity index (χ3v) is 4.59. The van der Waals surface area contributed by atoms with Crippen molar-refractivity contribution in [2.75, 3.05) is 12.3 Å². The highest BCUT2D eigenvalue weighted by Gasteiger charge is 2.29. The molecule has 2 unspecified atom stereocenters. The zero-order valence-electron chi connectivity index (χ0n) is 10.7. The molecule has 0 amide bonds. The smallest absolute Gasteiger partial charge is 0.307 e. The average molecular weight is 280 g/mol. The van der Waals surface area contributed by atoms with Crippen molar-refractivity contribution in [3.05, 3.63) is 0 Å². The zero-order chi connectivity index (χ0) is 14.3. The van der Waals surface area contributed by atoms with Crippen LogP contribution in [0.1, 0.15) is 33.1 Å². The van der Waals surface area contributed by atoms with Gasteiger partial charge in [-0.05, 0) is 18.8 Å². The summed E-state index contributed by atoms with van der Waals surface area (Å²) in [6.45, 7) is 3.83. The van der Waals surface area contributed by atoms with Gasteiger partial charge in [-0.1, -0.05) is 13.8 Å². The van der Waals surface area contributed by atoms with E-state index in [0.717, 1.165) is 0 Å². The average Bonchev–Trinajstić information content (AvgIpc) is 2.21. The van der Waals surface area contributed by atoms with Crippen LogP contribution in [0.4, 0.5) is 0 Å². The molecule has 0 aliphatic rings. The number of rotatable bonds is 9. The van der Waals surface area contributed by atoms with Crippen LogP contribution in [-0.2, 0) is 14.2 Å². The normalized spacial score (nSPS) is 16.2. The second-order valence-electron chi connectivity index (χ2n) is 4.90. The molecule has 0 spiro atoms. The molecule has 0 bridgehead atoms. The molecular weight excluding hydrogens is 259 g/mol. The first-order chi connectivity index (χ1) is 8.14. The van der Waals surface area contributed by atoms with Gasteiger partial charge in [0.1, 0.15) is 0 Å². The predicted molar refractivity (Wildman–Crippen MR) is 67.0 cm³/mol. The fourth-order valence-corrected chi connectivity index (χ4v) is 3.62. The highest BCUT2D eigenvalue weighted by Crippen LogP contribution is 2.44. The van der Waals surface area contributed by atoms with Crippen LogP contribution < -0.4 is 0 Å². The number of aliphatic carboxylic acids is 2. The van der Waals surface area contributed by atoms with Crippen molar-refractivity contribution in [2.45, 2.75) is 33.1 Å². The second kappa shape index (κ2) is 7.54. The molecule has 3 N–H and O–H groups in total. The van der Waals surface area contributed by atoms with Gasteiger partial charge in [-0.15, -0.1) is 0 Å². The van der Waals surface area contributed by atoms with Gasteiger partial charge < -0.3 is 15.1 Å². The Balaban J connectivity index is 4.42. The van der Waals surface area contributed by atoms with Crippen LogP contribution in [0, 0.1) is 11.8 Å². The maximum atomic E-state index is 11.8. The Morgan fingerprint density at radius 3 is 2.11 bits per heavy atom. The number of carboxylic acid groups (broad SMARTS) is 2. The first-order valence-corrected chi connectivity index (χ1v) is 7.92. The minimum Gasteiger partial charge on any atom is -0.481 e. The summed E-state index contributed by atoms with van der Waals surface area (Å²) in [5.74, 6) is -3.11. The van der Waals surface area contributed by atoms with Crippen molar-refractivity contribution in [3.8, 4) is 0 Å². The van der Waals surface area contributed by atoms with Crippen molar-refractivity contribution < 1.29 is 29.3 Å². The molecule has 0 radical (unpaired) electrons. The molecule has 0 heterocycles. The second-order valence-corrected chi connectivity index (χ2v) is 7.41. The molecule has 0 aromatic rings. The van der Waals surface area contributed by atoms with E-state index in [9.17, 15) is 19.0 Å². The third-order valence-electron chi connectivity index (χ3n) is 2.62. The SMILES string of the molecule is CC(C)CCP(=O)(O)CC(CCC(=O)O)C(=O)O. The van der Waals surface area contributed by atoms with Gasteiger partial charge in [0.05, 0.1) is 5.92 Å². The van der Waals surface area contributed by atoms with E-state index in [4.69, 9.17) is 10.2 Å². The molecular formula is C11H21O6P. The first-order valence-electron chi connectivity index (χ1n) is 5.89. The Hall–Kier alpha value is -0.870. The van der Waals surface area contributed by atoms with E-state index in [1.54, 1.807) is 0 Å². The minimum atomic E-state index is -3.49. The highest BCUT2D eigenvalue weighted by molar-refractivity contribution is 7.58. The highest BCUT2D eigenvalue weighted by atomic mass is 31.2. The van der Waals surface area contributed by atoms with Crippen molar-refractivity contribution in [1.82, 2.24) is 0 Å². The Morgan fingerprint density at radius 1 is 1.17 bits per heavy atom. The Labute approximate surface area is 106 Å². The summed E-state index contributed by atoms with van der Waals surface area (Å²) in [4.78, 5) is 31.0. The van der Waals surface area contributed by atoms with Gasteiger partial charge in [0, 0.05) is 18.7 Å². The summed E-state index contributed by atoms with van der Waals surface area (Å²) in [5, 5.41) is 17.4. The predicted octanol–water partition coefficient (Wildman–Crippen LogP) is 1.87. The van der Waals surface area contributed by atoms with Gasteiger partial charge in [-0.3, -0.25) is 14.2 Å². The molecule has 0 saturated carbocycles. The van der Waals surface area contributed by atoms with Crippen molar-refractivity contribution in [3.63, 3.8) is 0 Å². The van der Waals surface area contributed by atoms with E-state index in [1.165, 1.54) is 0 Å². The molecule has 0 aliphatic heterocycles. The van der Waals surface area contributed by atoms with E-state index < -0.39 is 25.2 Å². The molecule has 6 nitrogen and oxygen atoms in total. The summed E-state index contributed by atoms with van der Waals surface area (Å²) < 4.78 is 11.8. The molecule has 106 valence electrons. The molecule has 0 saturated heterocycles. The van der Waals surface area contributed by atoms with Crippen LogP contribution in [0.15, 0.2) is 0 Å². The minimum absolute atomic E-state index is 0.0848. The maximum Gasteiger partial charge on any atom is 0.307 e. The lowest BCUT2D eigenvalue weighted by atomic mass is 10.1. The van der Waals surface area contributed by atoms with Gasteiger partial charge in [0.25, 0.3) is 0 Å². The quantitative estimate of drug-likeness (QED) is 0.556. The molecule has 0 rings (SSSR count). The lowest BCUT2D eigenvalue weighted by Gasteiger charge is -2.17. The van der Waals surface area contributed by atoms with Crippen LogP contribution in [0.2, 0.25) is 0 Å². The molecule has 0 aromatic carbocycles. The summed E-state index contributed by atoms with van der Waals surface area (Å²) in [7, 11) is -3.49. The van der Waals surface area contributed by atoms with Gasteiger partial charge >= 0.3 is 11.9 Å². The van der Waals surface area contributed by atoms with Gasteiger partial charge in [0.2, 0.25) is 7.37 Å². The van der Waals surface area contributed by atoms with E-state index in [-0.39, 0.29) is 31.1 Å². The Bertz CT molecular complexity index is 338. The van der Waals surface area contributed by atoms with Crippen molar-refractivity contribution >= 4 is 19.3 Å². The van der Waals surface area contributed by atoms with Gasteiger partial charge in [-0.25, -0.2) is 0 Å². The summed E-state index contributed by atoms with van der Waals surface area (Å²) >= 11 is 0. The summed E-state index contributed by atoms with van der Waals surface area (Å²) in [6.07, 6.45) is -0.124. The molecule has 18 heavy (non-hydrogen) atoms. The van der Waals surface area contributed by atoms with Gasteiger partial charge in [0.15, 0.2) is 0 Å². The number of carboxylic acids is 2. The van der Waals surface area contributed by atoms with Crippen LogP contribution in [0.5, 0.6) is 0 Å². The van der Waals surface area contributed by atoms with E-state index in [2.05, 4.69) is 0 Å². The monoisotopic (exact) mass is 280 g/mol. The lowest BCUT2D eigenvalue weighted by Crippen LogP contribution is -2.20. The standard InChI is InChI=1S/C11H21O6P/c1-8(2)5-6-18(16,17)7-9(11(14)15)3-4-10(12)13/h8-9H,3-7H2,1-2H3,(H,12,13)(H,14,15)(H,16,17). The van der Waals surface area contributed by atoms with Gasteiger partial charge in [-0.2, -0.15) is 0 Å². The fraction of sp³-hybridized carbons (Fsp3) is 0.818. The maximum absolute atomic E-state index is 11.8. The van der Waals surface area contributed by atoms with Crippen LogP contribution in [0.3, 0.4) is 0 Å². The molecule has 0 aliphatic carbocycles. The van der Waals surface area contributed by atoms with E-state index in [1.807, 2.05) is 13.8 Å². The Morgan fingerprint density at radius 2 is 1.72 bits per heavy atom. The largest absolute Gasteiger partial charge is 0.481 e. The summed E-state index contributed by atoms with van der Waals surface area (Å²) in [6, 6.07) is 0. The third kappa shape index (κ3) is 8.25. The van der Waals surface area contributed by atoms with Crippen molar-refractivity contribution in [1.29, 1.82) is 0 Å². The molecule has 0 aromatic heterocycles.